The Morgan fingerprint density at radius 3 is 2.94 bits per heavy atom. The number of hydrogen-bond acceptors (Lipinski definition) is 6. The lowest BCUT2D eigenvalue weighted by Gasteiger charge is -2.29. The molecule has 1 atom stereocenters. The zero-order valence-electron chi connectivity index (χ0n) is 18.7. The van der Waals surface area contributed by atoms with Gasteiger partial charge in [-0.25, -0.2) is 9.78 Å². The number of nitrogens with zero attached hydrogens (tertiary/aromatic N) is 3. The number of carbonyl (C=O) groups excluding carboxylic acids is 1. The van der Waals surface area contributed by atoms with Gasteiger partial charge in [-0.05, 0) is 36.2 Å². The Hall–Kier alpha value is -3.60. The number of cyclic esters (lactones) is 1. The van der Waals surface area contributed by atoms with Crippen LogP contribution in [-0.2, 0) is 24.4 Å². The van der Waals surface area contributed by atoms with E-state index in [0.717, 1.165) is 46.9 Å². The van der Waals surface area contributed by atoms with E-state index in [-0.39, 0.29) is 12.6 Å². The first-order valence-electron chi connectivity index (χ1n) is 10.9. The Labute approximate surface area is 192 Å². The summed E-state index contributed by atoms with van der Waals surface area (Å²) in [5.74, 6) is 3.94. The van der Waals surface area contributed by atoms with Crippen molar-refractivity contribution in [2.24, 2.45) is 0 Å². The summed E-state index contributed by atoms with van der Waals surface area (Å²) in [5, 5.41) is 11.0. The number of benzene rings is 2. The van der Waals surface area contributed by atoms with Crippen LogP contribution < -0.4 is 4.74 Å². The fourth-order valence-corrected chi connectivity index (χ4v) is 4.64. The molecule has 0 bridgehead atoms. The zero-order valence-corrected chi connectivity index (χ0v) is 18.7. The molecule has 3 aromatic rings. The van der Waals surface area contributed by atoms with Crippen LogP contribution in [0.1, 0.15) is 44.5 Å². The molecule has 0 aliphatic carbocycles. The Kier molecular flexibility index (Phi) is 5.41. The highest BCUT2D eigenvalue weighted by atomic mass is 16.5. The lowest BCUT2D eigenvalue weighted by Crippen LogP contribution is -2.36. The molecule has 0 radical (unpaired) electrons. The molecule has 5 rings (SSSR count). The van der Waals surface area contributed by atoms with E-state index in [1.165, 1.54) is 0 Å². The van der Waals surface area contributed by atoms with Gasteiger partial charge in [-0.3, -0.25) is 4.90 Å². The molecule has 1 aromatic heterocycles. The molecule has 7 heteroatoms. The van der Waals surface area contributed by atoms with Crippen LogP contribution in [0.15, 0.2) is 36.5 Å². The summed E-state index contributed by atoms with van der Waals surface area (Å²) >= 11 is 0. The summed E-state index contributed by atoms with van der Waals surface area (Å²) in [6, 6.07) is 9.33. The molecular formula is C26H25N3O4. The van der Waals surface area contributed by atoms with E-state index < -0.39 is 6.10 Å². The number of imidazole rings is 1. The molecule has 0 saturated heterocycles. The number of terminal acetylenes is 1. The fraction of sp³-hybridized carbons (Fsp3) is 0.308. The van der Waals surface area contributed by atoms with E-state index >= 15 is 0 Å². The van der Waals surface area contributed by atoms with Gasteiger partial charge in [-0.15, -0.1) is 6.42 Å². The highest BCUT2D eigenvalue weighted by Crippen LogP contribution is 2.31. The molecule has 168 valence electrons. The molecule has 2 aliphatic heterocycles. The second-order valence-electron chi connectivity index (χ2n) is 8.43. The van der Waals surface area contributed by atoms with Gasteiger partial charge < -0.3 is 19.1 Å². The van der Waals surface area contributed by atoms with Crippen molar-refractivity contribution in [2.75, 3.05) is 20.2 Å². The predicted molar refractivity (Wildman–Crippen MR) is 123 cm³/mol. The minimum atomic E-state index is -0.660. The van der Waals surface area contributed by atoms with Crippen LogP contribution >= 0.6 is 0 Å². The average molecular weight is 444 g/mol. The Bertz CT molecular complexity index is 1290. The molecule has 0 amide bonds. The number of hydrogen-bond donors (Lipinski definition) is 1. The number of esters is 1. The molecule has 0 spiro atoms. The zero-order chi connectivity index (χ0) is 23.1. The largest absolute Gasteiger partial charge is 0.495 e. The third-order valence-corrected chi connectivity index (χ3v) is 6.53. The SMILES string of the molecule is C#Cc1ccc(-c2cn3c(n2)CN(CC(O)c2ccc4c(c2C)COC4=O)CC3)cc1OC. The van der Waals surface area contributed by atoms with Crippen molar-refractivity contribution in [3.05, 3.63) is 70.2 Å². The van der Waals surface area contributed by atoms with Crippen LogP contribution in [0.3, 0.4) is 0 Å². The third kappa shape index (κ3) is 3.78. The van der Waals surface area contributed by atoms with Crippen molar-refractivity contribution in [1.29, 1.82) is 0 Å². The molecule has 7 nitrogen and oxygen atoms in total. The van der Waals surface area contributed by atoms with Crippen molar-refractivity contribution >= 4 is 5.97 Å². The van der Waals surface area contributed by atoms with Gasteiger partial charge in [0.1, 0.15) is 18.2 Å². The summed E-state index contributed by atoms with van der Waals surface area (Å²) in [4.78, 5) is 18.8. The van der Waals surface area contributed by atoms with Crippen LogP contribution in [-0.4, -0.2) is 45.7 Å². The van der Waals surface area contributed by atoms with Gasteiger partial charge in [0.05, 0.1) is 36.6 Å². The molecule has 33 heavy (non-hydrogen) atoms. The maximum absolute atomic E-state index is 11.8. The van der Waals surface area contributed by atoms with Crippen LogP contribution in [0.4, 0.5) is 0 Å². The smallest absolute Gasteiger partial charge is 0.338 e. The maximum atomic E-state index is 11.8. The molecule has 2 aromatic carbocycles. The van der Waals surface area contributed by atoms with Crippen molar-refractivity contribution in [3.8, 4) is 29.4 Å². The second kappa shape index (κ2) is 8.39. The maximum Gasteiger partial charge on any atom is 0.338 e. The van der Waals surface area contributed by atoms with Crippen LogP contribution in [0.2, 0.25) is 0 Å². The van der Waals surface area contributed by atoms with E-state index in [1.807, 2.05) is 31.2 Å². The van der Waals surface area contributed by atoms with E-state index in [2.05, 4.69) is 21.6 Å². The van der Waals surface area contributed by atoms with Gasteiger partial charge in [0, 0.05) is 37.0 Å². The lowest BCUT2D eigenvalue weighted by molar-refractivity contribution is 0.0535. The average Bonchev–Trinajstić information content (AvgIpc) is 3.42. The Balaban J connectivity index is 1.32. The number of ether oxygens (including phenoxy) is 2. The molecule has 3 heterocycles. The number of fused-ring (bicyclic) bond motifs is 2. The van der Waals surface area contributed by atoms with E-state index in [9.17, 15) is 9.90 Å². The van der Waals surface area contributed by atoms with E-state index in [0.29, 0.717) is 30.0 Å². The first-order chi connectivity index (χ1) is 16.0. The van der Waals surface area contributed by atoms with Crippen molar-refractivity contribution < 1.29 is 19.4 Å². The summed E-state index contributed by atoms with van der Waals surface area (Å²) in [7, 11) is 1.61. The molecule has 1 N–H and O–H groups in total. The standard InChI is InChI=1S/C26H25N3O4/c1-4-17-5-6-18(11-24(17)32-3)22-12-29-10-9-28(14-25(29)27-22)13-23(30)19-7-8-20-21(16(19)2)15-33-26(20)31/h1,5-8,11-12,23,30H,9-10,13-15H2,2-3H3. The van der Waals surface area contributed by atoms with Crippen LogP contribution in [0.25, 0.3) is 11.3 Å². The van der Waals surface area contributed by atoms with Gasteiger partial charge >= 0.3 is 5.97 Å². The first kappa shape index (κ1) is 21.3. The minimum absolute atomic E-state index is 0.275. The topological polar surface area (TPSA) is 76.8 Å². The normalized spacial score (nSPS) is 16.0. The van der Waals surface area contributed by atoms with Gasteiger partial charge in [0.25, 0.3) is 0 Å². The summed E-state index contributed by atoms with van der Waals surface area (Å²) < 4.78 is 12.7. The number of rotatable bonds is 5. The van der Waals surface area contributed by atoms with Crippen LogP contribution in [0, 0.1) is 19.3 Å². The highest BCUT2D eigenvalue weighted by molar-refractivity contribution is 5.93. The fourth-order valence-electron chi connectivity index (χ4n) is 4.64. The monoisotopic (exact) mass is 443 g/mol. The summed E-state index contributed by atoms with van der Waals surface area (Å²) in [6.07, 6.45) is 6.93. The van der Waals surface area contributed by atoms with E-state index in [1.54, 1.807) is 13.2 Å². The number of aromatic nitrogens is 2. The van der Waals surface area contributed by atoms with E-state index in [4.69, 9.17) is 20.9 Å². The summed E-state index contributed by atoms with van der Waals surface area (Å²) in [5.41, 5.74) is 5.77. The quantitative estimate of drug-likeness (QED) is 0.483. The number of methoxy groups -OCH3 is 1. The van der Waals surface area contributed by atoms with Gasteiger partial charge in [0.2, 0.25) is 0 Å². The van der Waals surface area contributed by atoms with Gasteiger partial charge in [0.15, 0.2) is 0 Å². The van der Waals surface area contributed by atoms with Gasteiger partial charge in [-0.1, -0.05) is 18.1 Å². The molecule has 2 aliphatic rings. The minimum Gasteiger partial charge on any atom is -0.495 e. The summed E-state index contributed by atoms with van der Waals surface area (Å²) in [6.45, 7) is 4.94. The van der Waals surface area contributed by atoms with Crippen LogP contribution in [0.5, 0.6) is 5.75 Å². The number of carbonyl (C=O) groups is 1. The molecular weight excluding hydrogens is 418 g/mol. The van der Waals surface area contributed by atoms with Crippen molar-refractivity contribution in [3.63, 3.8) is 0 Å². The molecule has 0 fully saturated rings. The van der Waals surface area contributed by atoms with Gasteiger partial charge in [-0.2, -0.15) is 0 Å². The lowest BCUT2D eigenvalue weighted by atomic mass is 9.95. The Morgan fingerprint density at radius 1 is 1.30 bits per heavy atom. The number of β-amino-alcohol motifs (C(OH)–C–C–N with tert-alkyl or cyclic N) is 1. The Morgan fingerprint density at radius 2 is 2.15 bits per heavy atom. The number of aliphatic hydroxyl groups excluding tert-OH is 1. The van der Waals surface area contributed by atoms with Crippen molar-refractivity contribution in [2.45, 2.75) is 32.7 Å². The third-order valence-electron chi connectivity index (χ3n) is 6.53. The second-order valence-corrected chi connectivity index (χ2v) is 8.43. The molecule has 0 saturated carbocycles. The predicted octanol–water partition coefficient (Wildman–Crippen LogP) is 3.07. The highest BCUT2D eigenvalue weighted by Gasteiger charge is 2.27. The first-order valence-corrected chi connectivity index (χ1v) is 10.9. The molecule has 1 unspecified atom stereocenters. The van der Waals surface area contributed by atoms with Crippen molar-refractivity contribution in [1.82, 2.24) is 14.5 Å². The number of aliphatic hydroxyl groups is 1.